The Morgan fingerprint density at radius 3 is 2.33 bits per heavy atom. The zero-order chi connectivity index (χ0) is 16.6. The minimum Gasteiger partial charge on any atom is -0.342 e. The normalized spacial score (nSPS) is 24.8. The largest absolute Gasteiger partial charge is 0.342 e. The van der Waals surface area contributed by atoms with Crippen molar-refractivity contribution < 1.29 is 9.18 Å². The van der Waals surface area contributed by atoms with Crippen molar-refractivity contribution in [3.05, 3.63) is 35.6 Å². The minimum atomic E-state index is -0.456. The summed E-state index contributed by atoms with van der Waals surface area (Å²) in [5.74, 6) is -0.00135. The van der Waals surface area contributed by atoms with E-state index in [1.807, 2.05) is 6.07 Å². The van der Waals surface area contributed by atoms with Gasteiger partial charge in [0.25, 0.3) is 0 Å². The third-order valence-corrected chi connectivity index (χ3v) is 6.40. The summed E-state index contributed by atoms with van der Waals surface area (Å²) in [6.45, 7) is 4.17. The van der Waals surface area contributed by atoms with Gasteiger partial charge in [0, 0.05) is 19.1 Å². The van der Waals surface area contributed by atoms with Gasteiger partial charge < -0.3 is 9.80 Å². The number of rotatable bonds is 3. The van der Waals surface area contributed by atoms with E-state index in [4.69, 9.17) is 0 Å². The number of carbonyl (C=O) groups excluding carboxylic acids is 1. The Balaban J connectivity index is 1.45. The number of carbonyl (C=O) groups is 1. The lowest BCUT2D eigenvalue weighted by molar-refractivity contribution is -0.142. The van der Waals surface area contributed by atoms with Gasteiger partial charge in [-0.2, -0.15) is 0 Å². The molecule has 3 fully saturated rings. The van der Waals surface area contributed by atoms with Gasteiger partial charge in [0.2, 0.25) is 5.91 Å². The van der Waals surface area contributed by atoms with Crippen molar-refractivity contribution in [3.8, 4) is 0 Å². The first kappa shape index (κ1) is 16.1. The highest BCUT2D eigenvalue weighted by molar-refractivity contribution is 5.89. The van der Waals surface area contributed by atoms with E-state index in [0.717, 1.165) is 50.8 Å². The van der Waals surface area contributed by atoms with Crippen LogP contribution in [0.3, 0.4) is 0 Å². The monoisotopic (exact) mass is 330 g/mol. The highest BCUT2D eigenvalue weighted by atomic mass is 19.1. The lowest BCUT2D eigenvalue weighted by Crippen LogP contribution is -2.54. The Hall–Kier alpha value is -1.42. The highest BCUT2D eigenvalue weighted by Gasteiger charge is 2.48. The molecule has 2 aliphatic heterocycles. The number of piperidine rings is 1. The van der Waals surface area contributed by atoms with Crippen LogP contribution in [0.1, 0.15) is 50.5 Å². The van der Waals surface area contributed by atoms with Crippen LogP contribution in [-0.2, 0) is 10.2 Å². The smallest absolute Gasteiger partial charge is 0.233 e. The maximum Gasteiger partial charge on any atom is 0.233 e. The van der Waals surface area contributed by atoms with Crippen LogP contribution in [0, 0.1) is 5.82 Å². The highest BCUT2D eigenvalue weighted by Crippen LogP contribution is 2.45. The first-order valence-corrected chi connectivity index (χ1v) is 9.48. The Bertz CT molecular complexity index is 599. The van der Waals surface area contributed by atoms with Crippen LogP contribution in [-0.4, -0.2) is 47.9 Å². The molecule has 0 N–H and O–H groups in total. The Morgan fingerprint density at radius 2 is 1.75 bits per heavy atom. The zero-order valence-electron chi connectivity index (χ0n) is 14.3. The van der Waals surface area contributed by atoms with Crippen LogP contribution < -0.4 is 0 Å². The number of benzene rings is 1. The molecule has 1 saturated carbocycles. The van der Waals surface area contributed by atoms with E-state index in [9.17, 15) is 9.18 Å². The van der Waals surface area contributed by atoms with Crippen LogP contribution in [0.25, 0.3) is 0 Å². The molecule has 130 valence electrons. The molecule has 1 amide bonds. The van der Waals surface area contributed by atoms with Gasteiger partial charge in [-0.3, -0.25) is 4.79 Å². The molecule has 0 radical (unpaired) electrons. The maximum atomic E-state index is 13.7. The van der Waals surface area contributed by atoms with Gasteiger partial charge in [-0.15, -0.1) is 0 Å². The number of hydrogen-bond acceptors (Lipinski definition) is 2. The molecule has 2 heterocycles. The van der Waals surface area contributed by atoms with Crippen LogP contribution >= 0.6 is 0 Å². The van der Waals surface area contributed by atoms with Gasteiger partial charge in [-0.1, -0.05) is 18.6 Å². The standard InChI is InChI=1S/C20H27FN2O/c21-17-6-3-5-16(15-17)20(9-4-10-20)19(24)23-13-7-18(8-14-23)22-11-1-2-12-22/h3,5-6,15,18H,1-2,4,7-14H2. The molecule has 0 spiro atoms. The minimum absolute atomic E-state index is 0.235. The van der Waals surface area contributed by atoms with Crippen LogP contribution in [0.2, 0.25) is 0 Å². The number of halogens is 1. The van der Waals surface area contributed by atoms with E-state index in [1.165, 1.54) is 32.0 Å². The first-order chi connectivity index (χ1) is 11.7. The fourth-order valence-corrected chi connectivity index (χ4v) is 4.79. The molecular weight excluding hydrogens is 303 g/mol. The summed E-state index contributed by atoms with van der Waals surface area (Å²) in [7, 11) is 0. The van der Waals surface area contributed by atoms with E-state index in [1.54, 1.807) is 12.1 Å². The van der Waals surface area contributed by atoms with Crippen molar-refractivity contribution in [2.45, 2.75) is 56.4 Å². The van der Waals surface area contributed by atoms with Gasteiger partial charge in [-0.25, -0.2) is 4.39 Å². The summed E-state index contributed by atoms with van der Waals surface area (Å²) in [6.07, 6.45) is 7.61. The van der Waals surface area contributed by atoms with Gasteiger partial charge in [-0.05, 0) is 69.3 Å². The van der Waals surface area contributed by atoms with Crippen molar-refractivity contribution in [1.29, 1.82) is 0 Å². The van der Waals surface area contributed by atoms with Crippen molar-refractivity contribution in [3.63, 3.8) is 0 Å². The summed E-state index contributed by atoms with van der Waals surface area (Å²) >= 11 is 0. The van der Waals surface area contributed by atoms with Gasteiger partial charge >= 0.3 is 0 Å². The number of likely N-dealkylation sites (tertiary alicyclic amines) is 2. The molecule has 0 bridgehead atoms. The van der Waals surface area contributed by atoms with E-state index in [-0.39, 0.29) is 11.7 Å². The Morgan fingerprint density at radius 1 is 1.04 bits per heavy atom. The molecule has 2 saturated heterocycles. The molecule has 0 unspecified atom stereocenters. The lowest BCUT2D eigenvalue weighted by atomic mass is 9.63. The molecule has 1 aliphatic carbocycles. The second-order valence-electron chi connectivity index (χ2n) is 7.71. The summed E-state index contributed by atoms with van der Waals surface area (Å²) in [4.78, 5) is 17.9. The number of nitrogens with zero attached hydrogens (tertiary/aromatic N) is 2. The van der Waals surface area contributed by atoms with Crippen molar-refractivity contribution >= 4 is 5.91 Å². The predicted molar refractivity (Wildman–Crippen MR) is 92.3 cm³/mol. The van der Waals surface area contributed by atoms with E-state index < -0.39 is 5.41 Å². The SMILES string of the molecule is O=C(N1CCC(N2CCCC2)CC1)C1(c2cccc(F)c2)CCC1. The molecular formula is C20H27FN2O. The third-order valence-electron chi connectivity index (χ3n) is 6.40. The second kappa shape index (κ2) is 6.47. The molecule has 24 heavy (non-hydrogen) atoms. The van der Waals surface area contributed by atoms with Gasteiger partial charge in [0.05, 0.1) is 5.41 Å². The second-order valence-corrected chi connectivity index (χ2v) is 7.71. The van der Waals surface area contributed by atoms with Crippen LogP contribution in [0.5, 0.6) is 0 Å². The van der Waals surface area contributed by atoms with Gasteiger partial charge in [0.15, 0.2) is 0 Å². The number of amides is 1. The Kier molecular flexibility index (Phi) is 4.33. The van der Waals surface area contributed by atoms with Crippen LogP contribution in [0.4, 0.5) is 4.39 Å². The average Bonchev–Trinajstić information content (AvgIpc) is 3.08. The fraction of sp³-hybridized carbons (Fsp3) is 0.650. The molecule has 1 aromatic rings. The number of hydrogen-bond donors (Lipinski definition) is 0. The van der Waals surface area contributed by atoms with Crippen molar-refractivity contribution in [1.82, 2.24) is 9.80 Å². The molecule has 0 aromatic heterocycles. The summed E-state index contributed by atoms with van der Waals surface area (Å²) in [5.41, 5.74) is 0.420. The van der Waals surface area contributed by atoms with E-state index >= 15 is 0 Å². The lowest BCUT2D eigenvalue weighted by Gasteiger charge is -2.46. The van der Waals surface area contributed by atoms with Crippen LogP contribution in [0.15, 0.2) is 24.3 Å². The fourth-order valence-electron chi connectivity index (χ4n) is 4.79. The Labute approximate surface area is 143 Å². The first-order valence-electron chi connectivity index (χ1n) is 9.48. The third kappa shape index (κ3) is 2.75. The topological polar surface area (TPSA) is 23.6 Å². The quantitative estimate of drug-likeness (QED) is 0.849. The molecule has 4 heteroatoms. The molecule has 0 atom stereocenters. The zero-order valence-corrected chi connectivity index (χ0v) is 14.3. The van der Waals surface area contributed by atoms with E-state index in [2.05, 4.69) is 9.80 Å². The molecule has 1 aromatic carbocycles. The summed E-state index contributed by atoms with van der Waals surface area (Å²) < 4.78 is 13.7. The summed E-state index contributed by atoms with van der Waals surface area (Å²) in [5, 5.41) is 0. The molecule has 3 nitrogen and oxygen atoms in total. The maximum absolute atomic E-state index is 13.7. The summed E-state index contributed by atoms with van der Waals surface area (Å²) in [6, 6.07) is 7.34. The molecule has 4 rings (SSSR count). The molecule has 3 aliphatic rings. The average molecular weight is 330 g/mol. The van der Waals surface area contributed by atoms with E-state index in [0.29, 0.717) is 6.04 Å². The van der Waals surface area contributed by atoms with Crippen molar-refractivity contribution in [2.24, 2.45) is 0 Å². The van der Waals surface area contributed by atoms with Gasteiger partial charge in [0.1, 0.15) is 5.82 Å². The van der Waals surface area contributed by atoms with Crippen molar-refractivity contribution in [2.75, 3.05) is 26.2 Å². The predicted octanol–water partition coefficient (Wildman–Crippen LogP) is 3.33.